The van der Waals surface area contributed by atoms with Crippen molar-refractivity contribution in [3.63, 3.8) is 0 Å². The third-order valence-corrected chi connectivity index (χ3v) is 3.71. The van der Waals surface area contributed by atoms with Crippen LogP contribution in [0.25, 0.3) is 0 Å². The van der Waals surface area contributed by atoms with Gasteiger partial charge in [-0.25, -0.2) is 9.78 Å². The first kappa shape index (κ1) is 14.8. The summed E-state index contributed by atoms with van der Waals surface area (Å²) >= 11 is 0. The Labute approximate surface area is 120 Å². The highest BCUT2D eigenvalue weighted by Crippen LogP contribution is 2.12. The summed E-state index contributed by atoms with van der Waals surface area (Å²) < 4.78 is 7.16. The molecule has 2 rings (SSSR count). The molecule has 0 bridgehead atoms. The van der Waals surface area contributed by atoms with Gasteiger partial charge in [-0.2, -0.15) is 0 Å². The van der Waals surface area contributed by atoms with E-state index in [9.17, 15) is 4.79 Å². The van der Waals surface area contributed by atoms with Gasteiger partial charge in [0.25, 0.3) is 0 Å². The van der Waals surface area contributed by atoms with Gasteiger partial charge >= 0.3 is 6.09 Å². The normalized spacial score (nSPS) is 16.4. The van der Waals surface area contributed by atoms with Gasteiger partial charge < -0.3 is 19.5 Å². The van der Waals surface area contributed by atoms with Gasteiger partial charge in [0.1, 0.15) is 5.82 Å². The number of aromatic nitrogens is 2. The van der Waals surface area contributed by atoms with E-state index < -0.39 is 0 Å². The Hall–Kier alpha value is -1.56. The van der Waals surface area contributed by atoms with Crippen LogP contribution in [0.3, 0.4) is 0 Å². The highest BCUT2D eigenvalue weighted by molar-refractivity contribution is 5.67. The summed E-state index contributed by atoms with van der Waals surface area (Å²) in [5.74, 6) is 1.07. The molecule has 0 saturated carbocycles. The molecule has 0 unspecified atom stereocenters. The molecule has 20 heavy (non-hydrogen) atoms. The maximum atomic E-state index is 11.6. The Morgan fingerprint density at radius 2 is 2.20 bits per heavy atom. The molecular weight excluding hydrogens is 256 g/mol. The summed E-state index contributed by atoms with van der Waals surface area (Å²) in [7, 11) is 0. The van der Waals surface area contributed by atoms with Crippen LogP contribution in [0.5, 0.6) is 0 Å². The first-order valence-corrected chi connectivity index (χ1v) is 7.39. The third-order valence-electron chi connectivity index (χ3n) is 3.71. The average molecular weight is 280 g/mol. The number of amides is 1. The number of carbonyl (C=O) groups is 1. The van der Waals surface area contributed by atoms with Crippen molar-refractivity contribution in [1.82, 2.24) is 19.8 Å². The standard InChI is InChI=1S/C14H24N4O2/c1-3-17-10-7-15-13(17)11-16-12-5-8-18(9-6-12)14(19)20-4-2/h7,10,12,16H,3-6,8-9,11H2,1-2H3. The summed E-state index contributed by atoms with van der Waals surface area (Å²) in [6.45, 7) is 7.64. The number of aryl methyl sites for hydroxylation is 1. The molecule has 1 N–H and O–H groups in total. The zero-order valence-electron chi connectivity index (χ0n) is 12.3. The van der Waals surface area contributed by atoms with Gasteiger partial charge in [-0.3, -0.25) is 0 Å². The lowest BCUT2D eigenvalue weighted by Gasteiger charge is -2.31. The van der Waals surface area contributed by atoms with Crippen molar-refractivity contribution < 1.29 is 9.53 Å². The zero-order valence-corrected chi connectivity index (χ0v) is 12.3. The molecule has 1 fully saturated rings. The van der Waals surface area contributed by atoms with Crippen molar-refractivity contribution in [2.45, 2.75) is 45.8 Å². The van der Waals surface area contributed by atoms with E-state index in [1.54, 1.807) is 4.90 Å². The number of nitrogens with one attached hydrogen (secondary N) is 1. The third kappa shape index (κ3) is 3.72. The topological polar surface area (TPSA) is 59.4 Å². The maximum Gasteiger partial charge on any atom is 0.409 e. The summed E-state index contributed by atoms with van der Waals surface area (Å²) in [6, 6.07) is 0.447. The molecule has 1 aliphatic rings. The predicted molar refractivity (Wildman–Crippen MR) is 76.4 cm³/mol. The Morgan fingerprint density at radius 1 is 1.45 bits per heavy atom. The fraction of sp³-hybridized carbons (Fsp3) is 0.714. The second-order valence-electron chi connectivity index (χ2n) is 4.97. The monoisotopic (exact) mass is 280 g/mol. The molecule has 0 aromatic carbocycles. The fourth-order valence-electron chi connectivity index (χ4n) is 2.51. The van der Waals surface area contributed by atoms with Crippen LogP contribution in [0.1, 0.15) is 32.5 Å². The fourth-order valence-corrected chi connectivity index (χ4v) is 2.51. The van der Waals surface area contributed by atoms with E-state index in [1.165, 1.54) is 0 Å². The number of rotatable bonds is 5. The second-order valence-corrected chi connectivity index (χ2v) is 4.97. The summed E-state index contributed by atoms with van der Waals surface area (Å²) in [6.07, 6.45) is 5.58. The zero-order chi connectivity index (χ0) is 14.4. The highest BCUT2D eigenvalue weighted by atomic mass is 16.6. The number of imidazole rings is 1. The van der Waals surface area contributed by atoms with Gasteiger partial charge in [0.2, 0.25) is 0 Å². The first-order chi connectivity index (χ1) is 9.74. The molecule has 0 radical (unpaired) electrons. The van der Waals surface area contributed by atoms with E-state index in [0.717, 1.165) is 44.8 Å². The number of hydrogen-bond donors (Lipinski definition) is 1. The lowest BCUT2D eigenvalue weighted by Crippen LogP contribution is -2.45. The van der Waals surface area contributed by atoms with Crippen molar-refractivity contribution in [3.05, 3.63) is 18.2 Å². The van der Waals surface area contributed by atoms with Crippen LogP contribution in [0.15, 0.2) is 12.4 Å². The van der Waals surface area contributed by atoms with E-state index >= 15 is 0 Å². The number of hydrogen-bond acceptors (Lipinski definition) is 4. The highest BCUT2D eigenvalue weighted by Gasteiger charge is 2.23. The molecule has 2 heterocycles. The molecule has 1 aromatic rings. The molecule has 112 valence electrons. The number of likely N-dealkylation sites (tertiary alicyclic amines) is 1. The molecule has 0 aliphatic carbocycles. The van der Waals surface area contributed by atoms with Crippen molar-refractivity contribution >= 4 is 6.09 Å². The lowest BCUT2D eigenvalue weighted by molar-refractivity contribution is 0.0949. The maximum absolute atomic E-state index is 11.6. The van der Waals surface area contributed by atoms with E-state index in [0.29, 0.717) is 12.6 Å². The molecule has 6 nitrogen and oxygen atoms in total. The van der Waals surface area contributed by atoms with Crippen LogP contribution in [-0.2, 0) is 17.8 Å². The Balaban J connectivity index is 1.73. The van der Waals surface area contributed by atoms with Crippen LogP contribution < -0.4 is 5.32 Å². The van der Waals surface area contributed by atoms with Gasteiger partial charge in [0, 0.05) is 38.1 Å². The van der Waals surface area contributed by atoms with Crippen LogP contribution in [0.4, 0.5) is 4.79 Å². The first-order valence-electron chi connectivity index (χ1n) is 7.39. The second kappa shape index (κ2) is 7.28. The number of piperidine rings is 1. The summed E-state index contributed by atoms with van der Waals surface area (Å²) in [5.41, 5.74) is 0. The quantitative estimate of drug-likeness (QED) is 0.890. The van der Waals surface area contributed by atoms with Gasteiger partial charge in [0.05, 0.1) is 13.2 Å². The molecule has 1 amide bonds. The minimum absolute atomic E-state index is 0.188. The molecule has 1 aromatic heterocycles. The predicted octanol–water partition coefficient (Wildman–Crippen LogP) is 1.61. The molecule has 0 atom stereocenters. The smallest absolute Gasteiger partial charge is 0.409 e. The van der Waals surface area contributed by atoms with Crippen molar-refractivity contribution in [2.24, 2.45) is 0 Å². The van der Waals surface area contributed by atoms with Crippen molar-refractivity contribution in [3.8, 4) is 0 Å². The van der Waals surface area contributed by atoms with Crippen LogP contribution in [0, 0.1) is 0 Å². The van der Waals surface area contributed by atoms with Gasteiger partial charge in [0.15, 0.2) is 0 Å². The van der Waals surface area contributed by atoms with Gasteiger partial charge in [-0.1, -0.05) is 0 Å². The lowest BCUT2D eigenvalue weighted by atomic mass is 10.1. The molecule has 1 saturated heterocycles. The van der Waals surface area contributed by atoms with Crippen LogP contribution >= 0.6 is 0 Å². The Kier molecular flexibility index (Phi) is 5.40. The largest absolute Gasteiger partial charge is 0.450 e. The number of carbonyl (C=O) groups excluding carboxylic acids is 1. The Bertz CT molecular complexity index is 425. The van der Waals surface area contributed by atoms with E-state index in [4.69, 9.17) is 4.74 Å². The summed E-state index contributed by atoms with van der Waals surface area (Å²) in [5, 5.41) is 3.53. The van der Waals surface area contributed by atoms with Gasteiger partial charge in [-0.05, 0) is 26.7 Å². The van der Waals surface area contributed by atoms with E-state index in [1.807, 2.05) is 19.3 Å². The minimum Gasteiger partial charge on any atom is -0.450 e. The van der Waals surface area contributed by atoms with E-state index in [2.05, 4.69) is 21.8 Å². The summed E-state index contributed by atoms with van der Waals surface area (Å²) in [4.78, 5) is 17.7. The van der Waals surface area contributed by atoms with Crippen molar-refractivity contribution in [1.29, 1.82) is 0 Å². The number of ether oxygens (including phenoxy) is 1. The number of nitrogens with zero attached hydrogens (tertiary/aromatic N) is 3. The van der Waals surface area contributed by atoms with Crippen LogP contribution in [-0.4, -0.2) is 46.3 Å². The Morgan fingerprint density at radius 3 is 2.85 bits per heavy atom. The molecule has 6 heteroatoms. The van der Waals surface area contributed by atoms with E-state index in [-0.39, 0.29) is 6.09 Å². The van der Waals surface area contributed by atoms with Crippen LogP contribution in [0.2, 0.25) is 0 Å². The average Bonchev–Trinajstić information content (AvgIpc) is 2.93. The minimum atomic E-state index is -0.188. The SMILES string of the molecule is CCOC(=O)N1CCC(NCc2nccn2CC)CC1. The van der Waals surface area contributed by atoms with Gasteiger partial charge in [-0.15, -0.1) is 0 Å². The molecule has 1 aliphatic heterocycles. The molecule has 0 spiro atoms. The van der Waals surface area contributed by atoms with Crippen molar-refractivity contribution in [2.75, 3.05) is 19.7 Å². The molecular formula is C14H24N4O2.